The average Bonchev–Trinajstić information content (AvgIpc) is 2.76. The van der Waals surface area contributed by atoms with Crippen LogP contribution in [0, 0.1) is 10.1 Å². The van der Waals surface area contributed by atoms with Gasteiger partial charge in [-0.1, -0.05) is 0 Å². The standard InChI is InChI=1S/C20H24N2O12/c1-9(23)31-15-16(32-10(2)24)18(33-11(3)25)20(27,34-17(15)19(26)30-5)13-7-6-12(22(28)29)8-14(13)21-4/h6-8,15-18,21,27H,1-5H3/t15-,16-,17-,18+,20+/m0/s1. The first-order valence-corrected chi connectivity index (χ1v) is 9.82. The summed E-state index contributed by atoms with van der Waals surface area (Å²) in [4.78, 5) is 58.6. The number of hydrogen-bond donors (Lipinski definition) is 2. The van der Waals surface area contributed by atoms with Gasteiger partial charge in [-0.15, -0.1) is 0 Å². The van der Waals surface area contributed by atoms with Gasteiger partial charge < -0.3 is 34.1 Å². The van der Waals surface area contributed by atoms with Gasteiger partial charge in [0.1, 0.15) is 0 Å². The lowest BCUT2D eigenvalue weighted by Crippen LogP contribution is -2.67. The monoisotopic (exact) mass is 484 g/mol. The minimum atomic E-state index is -2.73. The van der Waals surface area contributed by atoms with Crippen LogP contribution in [0.15, 0.2) is 18.2 Å². The van der Waals surface area contributed by atoms with Gasteiger partial charge >= 0.3 is 23.9 Å². The number of esters is 4. The van der Waals surface area contributed by atoms with Crippen molar-refractivity contribution in [3.8, 4) is 0 Å². The summed E-state index contributed by atoms with van der Waals surface area (Å²) in [5.41, 5.74) is -0.598. The Kier molecular flexibility index (Phi) is 8.13. The number of benzene rings is 1. The molecule has 14 nitrogen and oxygen atoms in total. The van der Waals surface area contributed by atoms with Crippen LogP contribution in [0.2, 0.25) is 0 Å². The maximum absolute atomic E-state index is 12.5. The second kappa shape index (κ2) is 10.4. The Morgan fingerprint density at radius 1 is 1.06 bits per heavy atom. The molecule has 186 valence electrons. The highest BCUT2D eigenvalue weighted by Crippen LogP contribution is 2.44. The van der Waals surface area contributed by atoms with E-state index in [1.807, 2.05) is 0 Å². The molecule has 2 rings (SSSR count). The van der Waals surface area contributed by atoms with Gasteiger partial charge in [-0.2, -0.15) is 0 Å². The maximum Gasteiger partial charge on any atom is 0.339 e. The van der Waals surface area contributed by atoms with E-state index < -0.39 is 59.0 Å². The molecule has 14 heteroatoms. The zero-order valence-corrected chi connectivity index (χ0v) is 18.9. The number of nitro benzene ring substituents is 1. The van der Waals surface area contributed by atoms with Crippen LogP contribution < -0.4 is 5.32 Å². The topological polar surface area (TPSA) is 190 Å². The van der Waals surface area contributed by atoms with E-state index in [0.29, 0.717) is 0 Å². The third-order valence-corrected chi connectivity index (χ3v) is 4.81. The fourth-order valence-corrected chi connectivity index (χ4v) is 3.54. The SMILES string of the molecule is CNc1cc([N+](=O)[O-])ccc1[C@@]1(O)O[C@H](C(=O)OC)[C@@H](OC(C)=O)[C@H](OC(C)=O)[C@H]1OC(C)=O. The molecule has 0 aliphatic carbocycles. The van der Waals surface area contributed by atoms with Crippen molar-refractivity contribution in [2.75, 3.05) is 19.5 Å². The Balaban J connectivity index is 2.81. The summed E-state index contributed by atoms with van der Waals surface area (Å²) >= 11 is 0. The Hall–Kier alpha value is -3.78. The average molecular weight is 484 g/mol. The molecule has 1 aromatic rings. The van der Waals surface area contributed by atoms with Crippen molar-refractivity contribution >= 4 is 35.3 Å². The molecule has 0 radical (unpaired) electrons. The quantitative estimate of drug-likeness (QED) is 0.230. The van der Waals surface area contributed by atoms with E-state index in [-0.39, 0.29) is 16.9 Å². The van der Waals surface area contributed by atoms with E-state index in [0.717, 1.165) is 46.1 Å². The molecule has 1 fully saturated rings. The smallest absolute Gasteiger partial charge is 0.339 e. The summed E-state index contributed by atoms with van der Waals surface area (Å²) in [5, 5.41) is 25.5. The van der Waals surface area contributed by atoms with Crippen LogP contribution in [-0.4, -0.2) is 72.5 Å². The second-order valence-corrected chi connectivity index (χ2v) is 7.17. The number of nitro groups is 1. The highest BCUT2D eigenvalue weighted by Gasteiger charge is 2.62. The number of ether oxygens (including phenoxy) is 5. The van der Waals surface area contributed by atoms with E-state index in [1.165, 1.54) is 7.05 Å². The van der Waals surface area contributed by atoms with Crippen LogP contribution in [0.3, 0.4) is 0 Å². The van der Waals surface area contributed by atoms with Gasteiger partial charge in [0.05, 0.1) is 12.0 Å². The van der Waals surface area contributed by atoms with Crippen LogP contribution >= 0.6 is 0 Å². The molecule has 2 N–H and O–H groups in total. The number of carbonyl (C=O) groups is 4. The molecule has 5 atom stereocenters. The summed E-state index contributed by atoms with van der Waals surface area (Å²) in [5.74, 6) is -6.62. The molecule has 0 amide bonds. The van der Waals surface area contributed by atoms with Gasteiger partial charge in [0.15, 0.2) is 18.3 Å². The number of nitrogens with zero attached hydrogens (tertiary/aromatic N) is 1. The summed E-state index contributed by atoms with van der Waals surface area (Å²) in [7, 11) is 2.39. The lowest BCUT2D eigenvalue weighted by molar-refractivity contribution is -0.385. The van der Waals surface area contributed by atoms with Gasteiger partial charge in [0.2, 0.25) is 11.9 Å². The van der Waals surface area contributed by atoms with E-state index in [2.05, 4.69) is 10.1 Å². The molecular weight excluding hydrogens is 460 g/mol. The number of methoxy groups -OCH3 is 1. The second-order valence-electron chi connectivity index (χ2n) is 7.17. The third kappa shape index (κ3) is 5.40. The Morgan fingerprint density at radius 2 is 1.62 bits per heavy atom. The summed E-state index contributed by atoms with van der Waals surface area (Å²) in [6.07, 6.45) is -7.16. The molecule has 1 aliphatic heterocycles. The molecule has 1 aliphatic rings. The minimum absolute atomic E-state index is 0.0371. The van der Waals surface area contributed by atoms with Crippen LogP contribution in [0.5, 0.6) is 0 Å². The molecule has 0 spiro atoms. The van der Waals surface area contributed by atoms with E-state index in [4.69, 9.17) is 18.9 Å². The van der Waals surface area contributed by atoms with Crippen LogP contribution in [0.4, 0.5) is 11.4 Å². The number of hydrogen-bond acceptors (Lipinski definition) is 13. The molecule has 0 aromatic heterocycles. The molecule has 1 heterocycles. The fourth-order valence-electron chi connectivity index (χ4n) is 3.54. The Bertz CT molecular complexity index is 996. The molecule has 34 heavy (non-hydrogen) atoms. The van der Waals surface area contributed by atoms with Gasteiger partial charge in [-0.05, 0) is 6.07 Å². The minimum Gasteiger partial charge on any atom is -0.467 e. The molecular formula is C20H24N2O12. The van der Waals surface area contributed by atoms with E-state index in [1.54, 1.807) is 0 Å². The zero-order chi connectivity index (χ0) is 25.8. The lowest BCUT2D eigenvalue weighted by atomic mass is 9.86. The molecule has 1 saturated heterocycles. The predicted molar refractivity (Wildman–Crippen MR) is 110 cm³/mol. The largest absolute Gasteiger partial charge is 0.467 e. The number of rotatable bonds is 7. The van der Waals surface area contributed by atoms with Crippen molar-refractivity contribution in [1.82, 2.24) is 0 Å². The van der Waals surface area contributed by atoms with Crippen LogP contribution in [0.1, 0.15) is 26.3 Å². The first-order chi connectivity index (χ1) is 15.8. The van der Waals surface area contributed by atoms with Crippen molar-refractivity contribution in [2.45, 2.75) is 51.0 Å². The van der Waals surface area contributed by atoms with Crippen molar-refractivity contribution in [3.63, 3.8) is 0 Å². The van der Waals surface area contributed by atoms with Crippen molar-refractivity contribution in [3.05, 3.63) is 33.9 Å². The first-order valence-electron chi connectivity index (χ1n) is 9.82. The number of anilines is 1. The number of nitrogens with one attached hydrogen (secondary N) is 1. The highest BCUT2D eigenvalue weighted by molar-refractivity contribution is 5.77. The van der Waals surface area contributed by atoms with Gasteiger partial charge in [0.25, 0.3) is 5.69 Å². The lowest BCUT2D eigenvalue weighted by Gasteiger charge is -2.48. The molecule has 1 aromatic carbocycles. The van der Waals surface area contributed by atoms with E-state index in [9.17, 15) is 34.4 Å². The normalized spacial score (nSPS) is 26.1. The molecule has 0 bridgehead atoms. The van der Waals surface area contributed by atoms with Gasteiger partial charge in [-0.25, -0.2) is 4.79 Å². The molecule has 0 unspecified atom stereocenters. The summed E-state index contributed by atoms with van der Waals surface area (Å²) in [6, 6.07) is 3.20. The van der Waals surface area contributed by atoms with Gasteiger partial charge in [0, 0.05) is 51.2 Å². The summed E-state index contributed by atoms with van der Waals surface area (Å²) < 4.78 is 25.9. The zero-order valence-electron chi connectivity index (χ0n) is 18.9. The maximum atomic E-state index is 12.5. The summed E-state index contributed by atoms with van der Waals surface area (Å²) in [6.45, 7) is 3.01. The first kappa shape index (κ1) is 26.5. The fraction of sp³-hybridized carbons (Fsp3) is 0.500. The Morgan fingerprint density at radius 3 is 2.09 bits per heavy atom. The molecule has 0 saturated carbocycles. The van der Waals surface area contributed by atoms with Crippen molar-refractivity contribution in [1.29, 1.82) is 0 Å². The Labute approximate surface area is 193 Å². The van der Waals surface area contributed by atoms with Gasteiger partial charge in [-0.3, -0.25) is 24.5 Å². The third-order valence-electron chi connectivity index (χ3n) is 4.81. The number of aliphatic hydroxyl groups is 1. The van der Waals surface area contributed by atoms with Crippen LogP contribution in [-0.2, 0) is 48.6 Å². The highest BCUT2D eigenvalue weighted by atomic mass is 16.7. The number of carbonyl (C=O) groups excluding carboxylic acids is 4. The van der Waals surface area contributed by atoms with Crippen molar-refractivity contribution < 1.29 is 52.9 Å². The predicted octanol–water partition coefficient (Wildman–Crippen LogP) is 0.148. The number of non-ortho nitro benzene ring substituents is 1. The van der Waals surface area contributed by atoms with Crippen LogP contribution in [0.25, 0.3) is 0 Å². The van der Waals surface area contributed by atoms with E-state index >= 15 is 0 Å². The van der Waals surface area contributed by atoms with Crippen molar-refractivity contribution in [2.24, 2.45) is 0 Å².